The molecule has 1 rings (SSSR count). The van der Waals surface area contributed by atoms with Crippen molar-refractivity contribution in [3.8, 4) is 0 Å². The lowest BCUT2D eigenvalue weighted by Gasteiger charge is -2.32. The Balaban J connectivity index is 3.39. The summed E-state index contributed by atoms with van der Waals surface area (Å²) < 4.78 is 38.1. The number of aliphatic carboxylic acids is 1. The fourth-order valence-electron chi connectivity index (χ4n) is 1.18. The van der Waals surface area contributed by atoms with Crippen LogP contribution in [0.25, 0.3) is 0 Å². The molecule has 0 fully saturated rings. The first-order chi connectivity index (χ1) is 7.19. The molecule has 16 heavy (non-hydrogen) atoms. The molecule has 0 bridgehead atoms. The molecule has 0 saturated heterocycles. The minimum absolute atomic E-state index is 0.502. The normalized spacial score (nSPS) is 15.6. The lowest BCUT2D eigenvalue weighted by Crippen LogP contribution is -2.54. The summed E-state index contributed by atoms with van der Waals surface area (Å²) in [6.45, 7) is 2.10. The van der Waals surface area contributed by atoms with E-state index < -0.39 is 23.3 Å². The minimum Gasteiger partial charge on any atom is -0.549 e. The molecule has 1 heterocycles. The van der Waals surface area contributed by atoms with Gasteiger partial charge in [-0.25, -0.2) is 0 Å². The van der Waals surface area contributed by atoms with Gasteiger partial charge in [0.15, 0.2) is 0 Å². The molecule has 0 radical (unpaired) electrons. The summed E-state index contributed by atoms with van der Waals surface area (Å²) in [6.07, 6.45) is -3.82. The van der Waals surface area contributed by atoms with E-state index in [1.165, 1.54) is 6.07 Å². The Bertz CT molecular complexity index is 417. The minimum atomic E-state index is -4.95. The molecule has 88 valence electrons. The van der Waals surface area contributed by atoms with Crippen molar-refractivity contribution in [2.45, 2.75) is 25.4 Å². The lowest BCUT2D eigenvalue weighted by molar-refractivity contribution is -0.330. The molecule has 0 N–H and O–H groups in total. The van der Waals surface area contributed by atoms with Gasteiger partial charge in [0.1, 0.15) is 5.41 Å². The average molecular weight is 232 g/mol. The van der Waals surface area contributed by atoms with Gasteiger partial charge in [0.2, 0.25) is 0 Å². The van der Waals surface area contributed by atoms with Crippen LogP contribution in [-0.2, 0) is 10.2 Å². The van der Waals surface area contributed by atoms with E-state index in [0.29, 0.717) is 12.5 Å². The second-order valence-corrected chi connectivity index (χ2v) is 3.63. The SMILES string of the molecule is Cc1ccnc(C(C)(C(=O)[O-])C(F)(F)F)c1. The number of hydrogen-bond acceptors (Lipinski definition) is 3. The van der Waals surface area contributed by atoms with E-state index in [0.717, 1.165) is 12.3 Å². The van der Waals surface area contributed by atoms with Gasteiger partial charge in [-0.2, -0.15) is 13.2 Å². The van der Waals surface area contributed by atoms with E-state index >= 15 is 0 Å². The van der Waals surface area contributed by atoms with Crippen LogP contribution in [0.15, 0.2) is 18.3 Å². The molecule has 1 aromatic heterocycles. The zero-order valence-corrected chi connectivity index (χ0v) is 8.63. The first-order valence-corrected chi connectivity index (χ1v) is 4.41. The summed E-state index contributed by atoms with van der Waals surface area (Å²) >= 11 is 0. The molecule has 0 aliphatic heterocycles. The van der Waals surface area contributed by atoms with E-state index in [2.05, 4.69) is 4.98 Å². The maximum Gasteiger partial charge on any atom is 0.404 e. The molecule has 6 heteroatoms. The lowest BCUT2D eigenvalue weighted by atomic mass is 9.85. The van der Waals surface area contributed by atoms with Crippen LogP contribution in [0.2, 0.25) is 0 Å². The van der Waals surface area contributed by atoms with Gasteiger partial charge in [-0.3, -0.25) is 4.98 Å². The van der Waals surface area contributed by atoms with Crippen molar-refractivity contribution in [1.29, 1.82) is 0 Å². The van der Waals surface area contributed by atoms with Crippen LogP contribution in [0.1, 0.15) is 18.2 Å². The Labute approximate surface area is 89.9 Å². The fourth-order valence-corrected chi connectivity index (χ4v) is 1.18. The van der Waals surface area contributed by atoms with Gasteiger partial charge in [-0.05, 0) is 31.5 Å². The Kier molecular flexibility index (Phi) is 2.94. The maximum atomic E-state index is 12.7. The molecule has 0 amide bonds. The van der Waals surface area contributed by atoms with E-state index in [1.807, 2.05) is 0 Å². The van der Waals surface area contributed by atoms with E-state index in [1.54, 1.807) is 6.92 Å². The number of aryl methyl sites for hydroxylation is 1. The average Bonchev–Trinajstić information content (AvgIpc) is 2.14. The molecule has 0 aliphatic carbocycles. The fraction of sp³-hybridized carbons (Fsp3) is 0.400. The van der Waals surface area contributed by atoms with E-state index in [9.17, 15) is 23.1 Å². The zero-order chi connectivity index (χ0) is 12.6. The highest BCUT2D eigenvalue weighted by molar-refractivity contribution is 5.79. The molecule has 1 aromatic rings. The Hall–Kier alpha value is -1.59. The Morgan fingerprint density at radius 1 is 1.44 bits per heavy atom. The van der Waals surface area contributed by atoms with Crippen LogP contribution < -0.4 is 5.11 Å². The third-order valence-electron chi connectivity index (χ3n) is 2.40. The number of halogens is 3. The first kappa shape index (κ1) is 12.5. The number of nitrogens with zero attached hydrogens (tertiary/aromatic N) is 1. The van der Waals surface area contributed by atoms with Gasteiger partial charge in [0, 0.05) is 6.20 Å². The monoisotopic (exact) mass is 232 g/mol. The van der Waals surface area contributed by atoms with Crippen molar-refractivity contribution in [3.05, 3.63) is 29.6 Å². The third kappa shape index (κ3) is 1.87. The molecular weight excluding hydrogens is 223 g/mol. The number of carbonyl (C=O) groups is 1. The molecule has 0 spiro atoms. The predicted molar refractivity (Wildman–Crippen MR) is 47.4 cm³/mol. The quantitative estimate of drug-likeness (QED) is 0.763. The van der Waals surface area contributed by atoms with Gasteiger partial charge in [-0.15, -0.1) is 0 Å². The highest BCUT2D eigenvalue weighted by Crippen LogP contribution is 2.39. The first-order valence-electron chi connectivity index (χ1n) is 4.41. The Morgan fingerprint density at radius 2 is 2.00 bits per heavy atom. The summed E-state index contributed by atoms with van der Waals surface area (Å²) in [4.78, 5) is 14.2. The topological polar surface area (TPSA) is 53.0 Å². The van der Waals surface area contributed by atoms with Crippen LogP contribution in [0, 0.1) is 6.92 Å². The maximum absolute atomic E-state index is 12.7. The summed E-state index contributed by atoms with van der Waals surface area (Å²) in [6, 6.07) is 2.57. The molecule has 1 atom stereocenters. The number of hydrogen-bond donors (Lipinski definition) is 0. The second kappa shape index (κ2) is 3.77. The summed E-state index contributed by atoms with van der Waals surface area (Å²) in [5.74, 6) is -2.21. The van der Waals surface area contributed by atoms with Crippen molar-refractivity contribution in [3.63, 3.8) is 0 Å². The van der Waals surface area contributed by atoms with Gasteiger partial charge in [0.25, 0.3) is 0 Å². The van der Waals surface area contributed by atoms with Crippen molar-refractivity contribution in [2.75, 3.05) is 0 Å². The summed E-state index contributed by atoms with van der Waals surface area (Å²) in [7, 11) is 0. The molecule has 3 nitrogen and oxygen atoms in total. The number of alkyl halides is 3. The molecule has 0 saturated carbocycles. The number of aromatic nitrogens is 1. The van der Waals surface area contributed by atoms with Crippen molar-refractivity contribution in [1.82, 2.24) is 4.98 Å². The second-order valence-electron chi connectivity index (χ2n) is 3.63. The smallest absolute Gasteiger partial charge is 0.404 e. The van der Waals surface area contributed by atoms with Crippen LogP contribution in [0.3, 0.4) is 0 Å². The summed E-state index contributed by atoms with van der Waals surface area (Å²) in [5.41, 5.74) is -3.15. The van der Waals surface area contributed by atoms with Crippen LogP contribution in [-0.4, -0.2) is 17.1 Å². The number of carboxylic acid groups (broad SMARTS) is 1. The number of rotatable bonds is 2. The largest absolute Gasteiger partial charge is 0.549 e. The van der Waals surface area contributed by atoms with Gasteiger partial charge in [0.05, 0.1) is 11.7 Å². The van der Waals surface area contributed by atoms with E-state index in [-0.39, 0.29) is 0 Å². The summed E-state index contributed by atoms with van der Waals surface area (Å²) in [5, 5.41) is 10.7. The molecule has 0 aromatic carbocycles. The van der Waals surface area contributed by atoms with Gasteiger partial charge in [-0.1, -0.05) is 0 Å². The van der Waals surface area contributed by atoms with Crippen LogP contribution >= 0.6 is 0 Å². The molecule has 1 unspecified atom stereocenters. The number of carbonyl (C=O) groups excluding carboxylic acids is 1. The van der Waals surface area contributed by atoms with Crippen molar-refractivity contribution >= 4 is 5.97 Å². The van der Waals surface area contributed by atoms with Crippen LogP contribution in [0.5, 0.6) is 0 Å². The van der Waals surface area contributed by atoms with E-state index in [4.69, 9.17) is 0 Å². The van der Waals surface area contributed by atoms with Crippen molar-refractivity contribution in [2.24, 2.45) is 0 Å². The highest BCUT2D eigenvalue weighted by Gasteiger charge is 2.54. The highest BCUT2D eigenvalue weighted by atomic mass is 19.4. The predicted octanol–water partition coefficient (Wildman–Crippen LogP) is 0.960. The van der Waals surface area contributed by atoms with Gasteiger partial charge < -0.3 is 9.90 Å². The zero-order valence-electron chi connectivity index (χ0n) is 8.63. The van der Waals surface area contributed by atoms with Crippen LogP contribution in [0.4, 0.5) is 13.2 Å². The van der Waals surface area contributed by atoms with Gasteiger partial charge >= 0.3 is 6.18 Å². The number of carboxylic acids is 1. The molecule has 0 aliphatic rings. The number of pyridine rings is 1. The third-order valence-corrected chi connectivity index (χ3v) is 2.40. The Morgan fingerprint density at radius 3 is 2.38 bits per heavy atom. The molecular formula is C10H9F3NO2-. The van der Waals surface area contributed by atoms with Crippen molar-refractivity contribution < 1.29 is 23.1 Å². The standard InChI is InChI=1S/C10H10F3NO2/c1-6-3-4-14-7(5-6)9(2,8(15)16)10(11,12)13/h3-5H,1-2H3,(H,15,16)/p-1.